The maximum absolute atomic E-state index is 7.44. The van der Waals surface area contributed by atoms with Gasteiger partial charge < -0.3 is 15.4 Å². The van der Waals surface area contributed by atoms with Gasteiger partial charge in [0, 0.05) is 16.1 Å². The van der Waals surface area contributed by atoms with Crippen LogP contribution < -0.4 is 10.5 Å². The van der Waals surface area contributed by atoms with Crippen LogP contribution in [0.5, 0.6) is 5.75 Å². The zero-order valence-corrected chi connectivity index (χ0v) is 12.7. The Balaban J connectivity index is 1.96. The van der Waals surface area contributed by atoms with E-state index < -0.39 is 0 Å². The van der Waals surface area contributed by atoms with E-state index in [2.05, 4.69) is 27.9 Å². The van der Waals surface area contributed by atoms with Gasteiger partial charge in [0.2, 0.25) is 0 Å². The summed E-state index contributed by atoms with van der Waals surface area (Å²) in [5.41, 5.74) is 6.18. The number of hydrogen-bond donors (Lipinski definition) is 2. The molecule has 1 aromatic rings. The van der Waals surface area contributed by atoms with Crippen LogP contribution in [-0.4, -0.2) is 37.0 Å². The van der Waals surface area contributed by atoms with Crippen molar-refractivity contribution in [2.75, 3.05) is 20.2 Å². The molecule has 104 valence electrons. The number of nitrogens with zero attached hydrogens (tertiary/aromatic N) is 1. The van der Waals surface area contributed by atoms with Crippen molar-refractivity contribution in [1.82, 2.24) is 4.90 Å². The first-order valence-electron chi connectivity index (χ1n) is 6.55. The van der Waals surface area contributed by atoms with Crippen molar-refractivity contribution < 1.29 is 4.74 Å². The molecule has 1 unspecified atom stereocenters. The lowest BCUT2D eigenvalue weighted by molar-refractivity contribution is 0.125. The first-order valence-corrected chi connectivity index (χ1v) is 7.34. The van der Waals surface area contributed by atoms with Crippen molar-refractivity contribution in [3.05, 3.63) is 28.2 Å². The number of piperidine rings is 1. The molecule has 0 aliphatic carbocycles. The largest absolute Gasteiger partial charge is 0.492 e. The highest BCUT2D eigenvalue weighted by atomic mass is 79.9. The first-order chi connectivity index (χ1) is 9.08. The Bertz CT molecular complexity index is 464. The second-order valence-electron chi connectivity index (χ2n) is 5.00. The smallest absolute Gasteiger partial charge is 0.123 e. The van der Waals surface area contributed by atoms with Crippen LogP contribution >= 0.6 is 15.9 Å². The molecule has 19 heavy (non-hydrogen) atoms. The van der Waals surface area contributed by atoms with Gasteiger partial charge in [-0.25, -0.2) is 0 Å². The molecule has 0 spiro atoms. The van der Waals surface area contributed by atoms with E-state index in [1.54, 1.807) is 0 Å². The third-order valence-electron chi connectivity index (χ3n) is 3.59. The molecule has 5 heteroatoms. The monoisotopic (exact) mass is 325 g/mol. The minimum Gasteiger partial charge on any atom is -0.492 e. The molecule has 1 aromatic carbocycles. The van der Waals surface area contributed by atoms with Crippen LogP contribution in [0.15, 0.2) is 22.7 Å². The van der Waals surface area contributed by atoms with Crippen LogP contribution in [0.4, 0.5) is 0 Å². The molecule has 0 bridgehead atoms. The fourth-order valence-electron chi connectivity index (χ4n) is 2.35. The molecular formula is C14H20BrN3O. The Morgan fingerprint density at radius 1 is 1.53 bits per heavy atom. The molecule has 0 radical (unpaired) electrons. The molecule has 0 aromatic heterocycles. The van der Waals surface area contributed by atoms with Gasteiger partial charge in [-0.3, -0.25) is 5.41 Å². The molecule has 0 saturated carbocycles. The van der Waals surface area contributed by atoms with Crippen molar-refractivity contribution in [1.29, 1.82) is 5.41 Å². The summed E-state index contributed by atoms with van der Waals surface area (Å²) in [7, 11) is 2.15. The van der Waals surface area contributed by atoms with E-state index in [4.69, 9.17) is 15.9 Å². The van der Waals surface area contributed by atoms with Crippen molar-refractivity contribution in [3.8, 4) is 5.75 Å². The van der Waals surface area contributed by atoms with Crippen LogP contribution in [0.25, 0.3) is 0 Å². The highest BCUT2D eigenvalue weighted by molar-refractivity contribution is 9.10. The van der Waals surface area contributed by atoms with E-state index in [1.165, 1.54) is 19.3 Å². The molecule has 1 atom stereocenters. The van der Waals surface area contributed by atoms with Crippen LogP contribution in [0.1, 0.15) is 24.8 Å². The Hall–Kier alpha value is -1.07. The third-order valence-corrected chi connectivity index (χ3v) is 4.25. The number of likely N-dealkylation sites (N-methyl/N-ethyl adjacent to an activating group) is 1. The van der Waals surface area contributed by atoms with Gasteiger partial charge >= 0.3 is 0 Å². The highest BCUT2D eigenvalue weighted by Gasteiger charge is 2.19. The average molecular weight is 326 g/mol. The second kappa shape index (κ2) is 6.39. The van der Waals surface area contributed by atoms with E-state index in [0.717, 1.165) is 16.8 Å². The fraction of sp³-hybridized carbons (Fsp3) is 0.500. The van der Waals surface area contributed by atoms with E-state index in [-0.39, 0.29) is 5.84 Å². The Labute approximate surface area is 122 Å². The summed E-state index contributed by atoms with van der Waals surface area (Å²) in [6, 6.07) is 6.05. The molecule has 1 fully saturated rings. The fourth-order valence-corrected chi connectivity index (χ4v) is 2.92. The van der Waals surface area contributed by atoms with Crippen LogP contribution in [-0.2, 0) is 0 Å². The Morgan fingerprint density at radius 3 is 2.95 bits per heavy atom. The molecule has 0 amide bonds. The summed E-state index contributed by atoms with van der Waals surface area (Å²) in [5, 5.41) is 7.44. The maximum atomic E-state index is 7.44. The van der Waals surface area contributed by atoms with E-state index >= 15 is 0 Å². The third kappa shape index (κ3) is 3.70. The minimum absolute atomic E-state index is 0.0606. The van der Waals surface area contributed by atoms with Gasteiger partial charge in [-0.1, -0.05) is 6.42 Å². The summed E-state index contributed by atoms with van der Waals surface area (Å²) in [6.45, 7) is 1.86. The number of amidine groups is 1. The first kappa shape index (κ1) is 14.3. The lowest BCUT2D eigenvalue weighted by Crippen LogP contribution is -2.40. The number of likely N-dealkylation sites (tertiary alicyclic amines) is 1. The van der Waals surface area contributed by atoms with Crippen LogP contribution in [0, 0.1) is 5.41 Å². The normalized spacial score (nSPS) is 20.2. The van der Waals surface area contributed by atoms with E-state index in [0.29, 0.717) is 18.2 Å². The molecular weight excluding hydrogens is 306 g/mol. The quantitative estimate of drug-likeness (QED) is 0.660. The van der Waals surface area contributed by atoms with E-state index in [1.807, 2.05) is 18.2 Å². The standard InChI is InChI=1S/C14H20BrN3O/c1-18-7-3-2-4-10(18)9-19-11-5-6-12(14(16)17)13(15)8-11/h5-6,8,10H,2-4,7,9H2,1H3,(H3,16,17). The SMILES string of the molecule is CN1CCCCC1COc1ccc(C(=N)N)c(Br)c1. The van der Waals surface area contributed by atoms with Crippen LogP contribution in [0.2, 0.25) is 0 Å². The molecule has 1 heterocycles. The molecule has 1 saturated heterocycles. The molecule has 4 nitrogen and oxygen atoms in total. The zero-order chi connectivity index (χ0) is 13.8. The second-order valence-corrected chi connectivity index (χ2v) is 5.85. The number of nitrogen functional groups attached to an aromatic ring is 1. The van der Waals surface area contributed by atoms with Gasteiger partial charge in [0.25, 0.3) is 0 Å². The van der Waals surface area contributed by atoms with Crippen molar-refractivity contribution >= 4 is 21.8 Å². The minimum atomic E-state index is 0.0606. The van der Waals surface area contributed by atoms with Gasteiger partial charge in [-0.2, -0.15) is 0 Å². The summed E-state index contributed by atoms with van der Waals surface area (Å²) in [4.78, 5) is 2.36. The number of benzene rings is 1. The highest BCUT2D eigenvalue weighted by Crippen LogP contribution is 2.24. The summed E-state index contributed by atoms with van der Waals surface area (Å²) in [6.07, 6.45) is 3.76. The number of ether oxygens (including phenoxy) is 1. The average Bonchev–Trinajstić information content (AvgIpc) is 2.37. The van der Waals surface area contributed by atoms with Crippen molar-refractivity contribution in [2.45, 2.75) is 25.3 Å². The van der Waals surface area contributed by atoms with Crippen molar-refractivity contribution in [3.63, 3.8) is 0 Å². The molecule has 2 rings (SSSR count). The van der Waals surface area contributed by atoms with Gasteiger partial charge in [0.15, 0.2) is 0 Å². The van der Waals surface area contributed by atoms with Gasteiger partial charge in [0.1, 0.15) is 18.2 Å². The molecule has 1 aliphatic heterocycles. The van der Waals surface area contributed by atoms with Crippen LogP contribution in [0.3, 0.4) is 0 Å². The number of nitrogens with one attached hydrogen (secondary N) is 1. The number of hydrogen-bond acceptors (Lipinski definition) is 3. The summed E-state index contributed by atoms with van der Waals surface area (Å²) < 4.78 is 6.65. The Morgan fingerprint density at radius 2 is 2.32 bits per heavy atom. The summed E-state index contributed by atoms with van der Waals surface area (Å²) >= 11 is 3.41. The Kier molecular flexibility index (Phi) is 4.82. The van der Waals surface area contributed by atoms with E-state index in [9.17, 15) is 0 Å². The molecule has 1 aliphatic rings. The molecule has 3 N–H and O–H groups in total. The topological polar surface area (TPSA) is 62.3 Å². The zero-order valence-electron chi connectivity index (χ0n) is 11.2. The number of nitrogens with two attached hydrogens (primary N) is 1. The van der Waals surface area contributed by atoms with Crippen molar-refractivity contribution in [2.24, 2.45) is 5.73 Å². The summed E-state index contributed by atoms with van der Waals surface area (Å²) in [5.74, 6) is 0.876. The van der Waals surface area contributed by atoms with Gasteiger partial charge in [0.05, 0.1) is 0 Å². The maximum Gasteiger partial charge on any atom is 0.123 e. The number of halogens is 1. The predicted molar refractivity (Wildman–Crippen MR) is 80.9 cm³/mol. The number of rotatable bonds is 4. The van der Waals surface area contributed by atoms with Gasteiger partial charge in [-0.15, -0.1) is 0 Å². The van der Waals surface area contributed by atoms with Gasteiger partial charge in [-0.05, 0) is 60.6 Å². The predicted octanol–water partition coefficient (Wildman–Crippen LogP) is 2.60. The lowest BCUT2D eigenvalue weighted by Gasteiger charge is -2.32. The lowest BCUT2D eigenvalue weighted by atomic mass is 10.0.